The summed E-state index contributed by atoms with van der Waals surface area (Å²) in [7, 11) is 1.65. The Labute approximate surface area is 164 Å². The molecule has 0 spiro atoms. The van der Waals surface area contributed by atoms with Gasteiger partial charge in [0.05, 0.1) is 5.71 Å². The maximum atomic E-state index is 14.2. The molecule has 0 atom stereocenters. The number of carbonyl (C=O) groups excluding carboxylic acids is 1. The molecule has 3 rings (SSSR count). The first-order valence-electron chi connectivity index (χ1n) is 8.57. The van der Waals surface area contributed by atoms with Gasteiger partial charge in [-0.3, -0.25) is 10.7 Å². The van der Waals surface area contributed by atoms with Crippen molar-refractivity contribution in [2.75, 3.05) is 11.9 Å². The van der Waals surface area contributed by atoms with Gasteiger partial charge in [-0.05, 0) is 24.3 Å². The van der Waals surface area contributed by atoms with Gasteiger partial charge in [-0.1, -0.05) is 18.7 Å². The van der Waals surface area contributed by atoms with Gasteiger partial charge in [0.15, 0.2) is 5.82 Å². The van der Waals surface area contributed by atoms with Crippen molar-refractivity contribution in [2.24, 2.45) is 7.05 Å². The molecule has 0 saturated heterocycles. The van der Waals surface area contributed by atoms with Crippen LogP contribution in [0.4, 0.5) is 15.0 Å². The molecule has 0 aliphatic carbocycles. The third-order valence-electron chi connectivity index (χ3n) is 3.89. The molecule has 1 aromatic carbocycles. The fourth-order valence-corrected chi connectivity index (χ4v) is 2.58. The highest BCUT2D eigenvalue weighted by atomic mass is 19.1. The maximum absolute atomic E-state index is 14.2. The van der Waals surface area contributed by atoms with E-state index in [0.717, 1.165) is 0 Å². The number of halogens is 1. The van der Waals surface area contributed by atoms with Gasteiger partial charge in [0, 0.05) is 19.2 Å². The molecule has 2 amide bonds. The Balaban J connectivity index is 2.01. The number of amides is 2. The second-order valence-electron chi connectivity index (χ2n) is 5.87. The van der Waals surface area contributed by atoms with Gasteiger partial charge >= 0.3 is 6.03 Å². The Morgan fingerprint density at radius 3 is 2.79 bits per heavy atom. The van der Waals surface area contributed by atoms with E-state index in [0.29, 0.717) is 12.4 Å². The van der Waals surface area contributed by atoms with Crippen molar-refractivity contribution < 1.29 is 9.18 Å². The monoisotopic (exact) mass is 398 g/mol. The molecule has 0 unspecified atom stereocenters. The predicted molar refractivity (Wildman–Crippen MR) is 104 cm³/mol. The van der Waals surface area contributed by atoms with E-state index in [1.54, 1.807) is 24.6 Å². The zero-order chi connectivity index (χ0) is 21.0. The Bertz CT molecular complexity index is 1060. The van der Waals surface area contributed by atoms with Gasteiger partial charge in [-0.25, -0.2) is 14.2 Å². The van der Waals surface area contributed by atoms with Gasteiger partial charge in [0.2, 0.25) is 5.82 Å². The van der Waals surface area contributed by atoms with Crippen LogP contribution in [-0.2, 0) is 7.05 Å². The normalized spacial score (nSPS) is 10.4. The van der Waals surface area contributed by atoms with Crippen LogP contribution in [0.25, 0.3) is 11.6 Å². The molecule has 0 bridgehead atoms. The quantitative estimate of drug-likeness (QED) is 0.379. The highest BCUT2D eigenvalue weighted by molar-refractivity contribution is 6.13. The molecule has 2 heterocycles. The number of imidazole rings is 1. The maximum Gasteiger partial charge on any atom is 0.320 e. The minimum atomic E-state index is -0.561. The number of hydrogen-bond donors (Lipinski definition) is 5. The van der Waals surface area contributed by atoms with Crippen LogP contribution in [0.15, 0.2) is 36.7 Å². The lowest BCUT2D eigenvalue weighted by molar-refractivity contribution is 0.244. The summed E-state index contributed by atoms with van der Waals surface area (Å²) in [5.41, 5.74) is 0.0219. The molecule has 29 heavy (non-hydrogen) atoms. The molecule has 150 valence electrons. The Morgan fingerprint density at radius 1 is 1.38 bits per heavy atom. The second-order valence-corrected chi connectivity index (χ2v) is 5.87. The summed E-state index contributed by atoms with van der Waals surface area (Å²) in [5, 5.41) is 30.1. The summed E-state index contributed by atoms with van der Waals surface area (Å²) < 4.78 is 15.8. The molecule has 3 aromatic rings. The van der Waals surface area contributed by atoms with E-state index in [4.69, 9.17) is 5.41 Å². The van der Waals surface area contributed by atoms with Gasteiger partial charge in [0.25, 0.3) is 0 Å². The lowest BCUT2D eigenvalue weighted by Crippen LogP contribution is -2.36. The number of H-pyrrole nitrogens is 1. The number of nitrogens with zero attached hydrogens (tertiary/aromatic N) is 5. The van der Waals surface area contributed by atoms with E-state index in [9.17, 15) is 9.18 Å². The van der Waals surface area contributed by atoms with Crippen molar-refractivity contribution in [3.05, 3.63) is 53.7 Å². The number of rotatable bonds is 7. The third-order valence-corrected chi connectivity index (χ3v) is 3.89. The van der Waals surface area contributed by atoms with Crippen LogP contribution in [0.2, 0.25) is 0 Å². The van der Waals surface area contributed by atoms with Crippen LogP contribution >= 0.6 is 0 Å². The van der Waals surface area contributed by atoms with E-state index in [1.807, 2.05) is 0 Å². The smallest absolute Gasteiger partial charge is 0.320 e. The van der Waals surface area contributed by atoms with Crippen LogP contribution < -0.4 is 16.0 Å². The fraction of sp³-hybridized carbons (Fsp3) is 0.176. The van der Waals surface area contributed by atoms with Crippen molar-refractivity contribution in [1.82, 2.24) is 40.8 Å². The zero-order valence-corrected chi connectivity index (χ0v) is 15.7. The summed E-state index contributed by atoms with van der Waals surface area (Å²) in [6, 6.07) is 5.45. The highest BCUT2D eigenvalue weighted by Gasteiger charge is 2.24. The lowest BCUT2D eigenvalue weighted by Gasteiger charge is -2.14. The Morgan fingerprint density at radius 2 is 2.14 bits per heavy atom. The summed E-state index contributed by atoms with van der Waals surface area (Å²) in [4.78, 5) is 16.1. The average molecular weight is 398 g/mol. The minimum absolute atomic E-state index is 0.0654. The number of aromatic nitrogens is 6. The van der Waals surface area contributed by atoms with Crippen molar-refractivity contribution in [2.45, 2.75) is 6.92 Å². The first kappa shape index (κ1) is 19.7. The number of carbonyl (C=O) groups is 1. The van der Waals surface area contributed by atoms with E-state index in [-0.39, 0.29) is 34.4 Å². The van der Waals surface area contributed by atoms with Gasteiger partial charge in [-0.15, -0.1) is 10.2 Å². The first-order chi connectivity index (χ1) is 13.9. The highest BCUT2D eigenvalue weighted by Crippen LogP contribution is 2.26. The zero-order valence-electron chi connectivity index (χ0n) is 15.7. The summed E-state index contributed by atoms with van der Waals surface area (Å²) in [6.07, 6.45) is 0. The average Bonchev–Trinajstić information content (AvgIpc) is 3.31. The number of urea groups is 1. The molecule has 2 aromatic heterocycles. The topological polar surface area (TPSA) is 149 Å². The van der Waals surface area contributed by atoms with Gasteiger partial charge < -0.3 is 15.2 Å². The molecule has 12 heteroatoms. The molecule has 11 nitrogen and oxygen atoms in total. The first-order valence-corrected chi connectivity index (χ1v) is 8.57. The predicted octanol–water partition coefficient (Wildman–Crippen LogP) is 1.36. The van der Waals surface area contributed by atoms with Gasteiger partial charge in [-0.2, -0.15) is 5.21 Å². The Kier molecular flexibility index (Phi) is 5.62. The minimum Gasteiger partial charge on any atom is -0.338 e. The van der Waals surface area contributed by atoms with Crippen molar-refractivity contribution in [1.29, 1.82) is 5.41 Å². The fourth-order valence-electron chi connectivity index (χ4n) is 2.58. The molecular formula is C17H19FN10O. The lowest BCUT2D eigenvalue weighted by atomic mass is 10.1. The summed E-state index contributed by atoms with van der Waals surface area (Å²) in [6.45, 7) is 5.98. The largest absolute Gasteiger partial charge is 0.338 e. The standard InChI is InChI=1S/C17H19FN10O/c1-4-20-17(29)22-9(2)21-15-13(12(19)10-7-5-6-8-11(10)18)23-16(28(15)3)14-24-26-27-25-14/h5-8,19,21H,2,4H2,1,3H3,(H2,20,22,29)(H,24,25,26,27). The van der Waals surface area contributed by atoms with E-state index >= 15 is 0 Å². The molecule has 5 N–H and O–H groups in total. The molecule has 0 aliphatic heterocycles. The van der Waals surface area contributed by atoms with E-state index in [1.165, 1.54) is 18.2 Å². The molecule has 0 aliphatic rings. The number of aromatic amines is 1. The third kappa shape index (κ3) is 4.10. The Hall–Kier alpha value is -4.09. The van der Waals surface area contributed by atoms with E-state index < -0.39 is 11.8 Å². The molecule has 0 fully saturated rings. The molecular weight excluding hydrogens is 379 g/mol. The van der Waals surface area contributed by atoms with Crippen molar-refractivity contribution in [3.8, 4) is 11.6 Å². The van der Waals surface area contributed by atoms with Crippen LogP contribution in [0.3, 0.4) is 0 Å². The number of benzene rings is 1. The second kappa shape index (κ2) is 8.29. The number of nitrogens with one attached hydrogen (secondary N) is 5. The SMILES string of the molecule is C=C(NC(=O)NCC)Nc1c(C(=N)c2ccccc2F)nc(-c2nn[nH]n2)n1C. The van der Waals surface area contributed by atoms with E-state index in [2.05, 4.69) is 48.1 Å². The molecule has 0 radical (unpaired) electrons. The van der Waals surface area contributed by atoms with Crippen LogP contribution in [0.5, 0.6) is 0 Å². The molecule has 0 saturated carbocycles. The van der Waals surface area contributed by atoms with Crippen LogP contribution in [-0.4, -0.2) is 48.5 Å². The van der Waals surface area contributed by atoms with Gasteiger partial charge in [0.1, 0.15) is 23.1 Å². The number of tetrazole rings is 1. The van der Waals surface area contributed by atoms with Crippen LogP contribution in [0.1, 0.15) is 18.2 Å². The van der Waals surface area contributed by atoms with Crippen molar-refractivity contribution in [3.63, 3.8) is 0 Å². The summed E-state index contributed by atoms with van der Waals surface area (Å²) >= 11 is 0. The van der Waals surface area contributed by atoms with Crippen molar-refractivity contribution >= 4 is 17.6 Å². The van der Waals surface area contributed by atoms with Crippen LogP contribution in [0, 0.1) is 11.2 Å². The summed E-state index contributed by atoms with van der Waals surface area (Å²) in [5.74, 6) is 0.337. The number of hydrogen-bond acceptors (Lipinski definition) is 7. The number of anilines is 1.